The summed E-state index contributed by atoms with van der Waals surface area (Å²) in [7, 11) is 1.92. The van der Waals surface area contributed by atoms with E-state index < -0.39 is 0 Å². The van der Waals surface area contributed by atoms with Crippen molar-refractivity contribution in [3.05, 3.63) is 35.9 Å². The maximum Gasteiger partial charge on any atom is 0.222 e. The van der Waals surface area contributed by atoms with E-state index in [1.165, 1.54) is 5.56 Å². The molecule has 0 spiro atoms. The van der Waals surface area contributed by atoms with Gasteiger partial charge in [0.2, 0.25) is 5.91 Å². The van der Waals surface area contributed by atoms with Crippen LogP contribution in [0.5, 0.6) is 0 Å². The monoisotopic (exact) mass is 370 g/mol. The van der Waals surface area contributed by atoms with Crippen molar-refractivity contribution in [2.75, 3.05) is 26.7 Å². The van der Waals surface area contributed by atoms with Crippen molar-refractivity contribution >= 4 is 11.7 Å². The molecular formula is C23H34N2O2. The third-order valence-electron chi connectivity index (χ3n) is 6.33. The van der Waals surface area contributed by atoms with Gasteiger partial charge in [-0.05, 0) is 49.6 Å². The number of carbonyl (C=O) groups is 2. The van der Waals surface area contributed by atoms with Crippen molar-refractivity contribution in [2.24, 2.45) is 11.8 Å². The van der Waals surface area contributed by atoms with E-state index in [4.69, 9.17) is 0 Å². The quantitative estimate of drug-likeness (QED) is 0.737. The Balaban J connectivity index is 1.53. The number of nitrogens with zero attached hydrogens (tertiary/aromatic N) is 2. The molecule has 0 N–H and O–H groups in total. The first-order valence-electron chi connectivity index (χ1n) is 10.6. The van der Waals surface area contributed by atoms with Gasteiger partial charge >= 0.3 is 0 Å². The maximum absolute atomic E-state index is 12.8. The molecule has 1 saturated heterocycles. The van der Waals surface area contributed by atoms with Gasteiger partial charge in [-0.15, -0.1) is 0 Å². The van der Waals surface area contributed by atoms with Crippen LogP contribution in [0.25, 0.3) is 0 Å². The molecule has 1 aromatic carbocycles. The van der Waals surface area contributed by atoms with E-state index in [2.05, 4.69) is 24.0 Å². The molecule has 4 nitrogen and oxygen atoms in total. The predicted molar refractivity (Wildman–Crippen MR) is 109 cm³/mol. The zero-order chi connectivity index (χ0) is 19.2. The molecular weight excluding hydrogens is 336 g/mol. The van der Waals surface area contributed by atoms with E-state index in [1.54, 1.807) is 0 Å². The maximum atomic E-state index is 12.8. The fourth-order valence-electron chi connectivity index (χ4n) is 4.93. The number of ketones is 1. The normalized spacial score (nSPS) is 25.9. The van der Waals surface area contributed by atoms with Crippen LogP contribution in [0.2, 0.25) is 0 Å². The Morgan fingerprint density at radius 1 is 1.26 bits per heavy atom. The second-order valence-corrected chi connectivity index (χ2v) is 8.46. The van der Waals surface area contributed by atoms with Crippen molar-refractivity contribution in [1.82, 2.24) is 9.80 Å². The summed E-state index contributed by atoms with van der Waals surface area (Å²) >= 11 is 0. The second-order valence-electron chi connectivity index (χ2n) is 8.46. The Labute approximate surface area is 163 Å². The van der Waals surface area contributed by atoms with Crippen LogP contribution in [-0.2, 0) is 16.0 Å². The number of likely N-dealkylation sites (N-methyl/N-ethyl adjacent to an activating group) is 1. The van der Waals surface area contributed by atoms with Gasteiger partial charge in [0, 0.05) is 45.4 Å². The highest BCUT2D eigenvalue weighted by Gasteiger charge is 2.39. The minimum Gasteiger partial charge on any atom is -0.345 e. The summed E-state index contributed by atoms with van der Waals surface area (Å²) in [5, 5.41) is 0. The lowest BCUT2D eigenvalue weighted by atomic mass is 9.73. The average Bonchev–Trinajstić information content (AvgIpc) is 2.66. The predicted octanol–water partition coefficient (Wildman–Crippen LogP) is 3.55. The minimum atomic E-state index is 0.243. The van der Waals surface area contributed by atoms with E-state index in [9.17, 15) is 9.59 Å². The number of rotatable bonds is 7. The van der Waals surface area contributed by atoms with Gasteiger partial charge in [-0.1, -0.05) is 37.3 Å². The molecule has 1 amide bonds. The number of fused-ring (bicyclic) bond motifs is 1. The lowest BCUT2D eigenvalue weighted by Crippen LogP contribution is -2.52. The van der Waals surface area contributed by atoms with Crippen LogP contribution in [0, 0.1) is 11.8 Å². The van der Waals surface area contributed by atoms with Crippen LogP contribution in [0.3, 0.4) is 0 Å². The number of hydrogen-bond acceptors (Lipinski definition) is 3. The van der Waals surface area contributed by atoms with Gasteiger partial charge in [0.05, 0.1) is 0 Å². The molecule has 0 bridgehead atoms. The molecule has 3 atom stereocenters. The third kappa shape index (κ3) is 5.41. The molecule has 4 heteroatoms. The molecule has 2 fully saturated rings. The van der Waals surface area contributed by atoms with E-state index in [1.807, 2.05) is 30.1 Å². The molecule has 0 unspecified atom stereocenters. The van der Waals surface area contributed by atoms with Crippen molar-refractivity contribution in [2.45, 2.75) is 57.9 Å². The van der Waals surface area contributed by atoms with Gasteiger partial charge in [-0.25, -0.2) is 0 Å². The molecule has 148 valence electrons. The topological polar surface area (TPSA) is 40.6 Å². The molecule has 0 radical (unpaired) electrons. The van der Waals surface area contributed by atoms with Crippen molar-refractivity contribution in [3.8, 4) is 0 Å². The van der Waals surface area contributed by atoms with Crippen LogP contribution in [0.15, 0.2) is 30.3 Å². The van der Waals surface area contributed by atoms with E-state index in [0.717, 1.165) is 58.2 Å². The number of piperidine rings is 1. The summed E-state index contributed by atoms with van der Waals surface area (Å²) in [5.41, 5.74) is 1.27. The summed E-state index contributed by atoms with van der Waals surface area (Å²) in [6.07, 6.45) is 6.16. The largest absolute Gasteiger partial charge is 0.345 e. The molecule has 27 heavy (non-hydrogen) atoms. The van der Waals surface area contributed by atoms with Crippen LogP contribution in [0.4, 0.5) is 0 Å². The third-order valence-corrected chi connectivity index (χ3v) is 6.33. The zero-order valence-corrected chi connectivity index (χ0v) is 16.9. The zero-order valence-electron chi connectivity index (χ0n) is 16.9. The average molecular weight is 371 g/mol. The molecule has 2 aliphatic rings. The van der Waals surface area contributed by atoms with E-state index in [-0.39, 0.29) is 5.91 Å². The smallest absolute Gasteiger partial charge is 0.222 e. The van der Waals surface area contributed by atoms with Crippen LogP contribution >= 0.6 is 0 Å². The first-order chi connectivity index (χ1) is 13.1. The first kappa shape index (κ1) is 20.1. The molecule has 1 aromatic rings. The lowest BCUT2D eigenvalue weighted by molar-refractivity contribution is -0.132. The molecule has 1 saturated carbocycles. The molecule has 1 heterocycles. The molecule has 1 aliphatic heterocycles. The fraction of sp³-hybridized carbons (Fsp3) is 0.652. The SMILES string of the molecule is CCCN1C[C@@H](CC(=O)N(C)CCc2ccccc2)C[C@@H]2CC(=O)CC[C@H]21. The van der Waals surface area contributed by atoms with Crippen LogP contribution < -0.4 is 0 Å². The Morgan fingerprint density at radius 2 is 2.04 bits per heavy atom. The van der Waals surface area contributed by atoms with Gasteiger partial charge in [0.25, 0.3) is 0 Å². The lowest BCUT2D eigenvalue weighted by Gasteiger charge is -2.47. The molecule has 3 rings (SSSR count). The fourth-order valence-corrected chi connectivity index (χ4v) is 4.93. The highest BCUT2D eigenvalue weighted by Crippen LogP contribution is 2.37. The van der Waals surface area contributed by atoms with Gasteiger partial charge in [-0.3, -0.25) is 14.5 Å². The number of amides is 1. The van der Waals surface area contributed by atoms with E-state index in [0.29, 0.717) is 30.1 Å². The van der Waals surface area contributed by atoms with Crippen LogP contribution in [0.1, 0.15) is 51.0 Å². The summed E-state index contributed by atoms with van der Waals surface area (Å²) in [6.45, 7) is 5.08. The Kier molecular flexibility index (Phi) is 7.06. The summed E-state index contributed by atoms with van der Waals surface area (Å²) in [4.78, 5) is 29.2. The first-order valence-corrected chi connectivity index (χ1v) is 10.6. The number of carbonyl (C=O) groups excluding carboxylic acids is 2. The van der Waals surface area contributed by atoms with Gasteiger partial charge < -0.3 is 4.90 Å². The summed E-state index contributed by atoms with van der Waals surface area (Å²) in [6, 6.07) is 10.9. The molecule has 0 aromatic heterocycles. The summed E-state index contributed by atoms with van der Waals surface area (Å²) in [5.74, 6) is 1.50. The van der Waals surface area contributed by atoms with Crippen molar-refractivity contribution in [3.63, 3.8) is 0 Å². The highest BCUT2D eigenvalue weighted by molar-refractivity contribution is 5.79. The van der Waals surface area contributed by atoms with Crippen molar-refractivity contribution < 1.29 is 9.59 Å². The second kappa shape index (κ2) is 9.50. The van der Waals surface area contributed by atoms with Crippen LogP contribution in [-0.4, -0.2) is 54.2 Å². The van der Waals surface area contributed by atoms with Crippen molar-refractivity contribution in [1.29, 1.82) is 0 Å². The number of hydrogen-bond donors (Lipinski definition) is 0. The van der Waals surface area contributed by atoms with Gasteiger partial charge in [-0.2, -0.15) is 0 Å². The van der Waals surface area contributed by atoms with Gasteiger partial charge in [0.1, 0.15) is 5.78 Å². The Morgan fingerprint density at radius 3 is 2.78 bits per heavy atom. The Hall–Kier alpha value is -1.68. The standard InChI is InChI=1S/C23H34N2O2/c1-3-12-25-17-19(14-20-16-21(26)9-10-22(20)25)15-23(27)24(2)13-11-18-7-5-4-6-8-18/h4-8,19-20,22H,3,9-17H2,1-2H3/t19-,20-,22-/m1/s1. The summed E-state index contributed by atoms with van der Waals surface area (Å²) < 4.78 is 0. The van der Waals surface area contributed by atoms with Gasteiger partial charge in [0.15, 0.2) is 0 Å². The minimum absolute atomic E-state index is 0.243. The number of Topliss-reactive ketones (excluding diaryl/α,β-unsaturated/α-hetero) is 1. The number of benzene rings is 1. The Bertz CT molecular complexity index is 631. The highest BCUT2D eigenvalue weighted by atomic mass is 16.2. The number of likely N-dealkylation sites (tertiary alicyclic amines) is 1. The molecule has 1 aliphatic carbocycles. The van der Waals surface area contributed by atoms with E-state index >= 15 is 0 Å².